The standard InChI is InChI=1S/C38H48N4O8S/c1-18-9-10-22(33(45)34(18)47-8)31-32-38(51-15-27-24-12-28(46-7)25(39)11-23(24)19(2)13-40(27)5)30-29(26(14-43)42(32)16-41(31)6)37-36(48-17-49-37)20(3)35(30)50-21(4)44/h9-12,19,26-27,31-32,38,43,45H,13-17,39H2,1-8H3/t19?,26?,27?,31?,32-,38?/m1/s1. The number of aromatic hydroxyl groups is 1. The summed E-state index contributed by atoms with van der Waals surface area (Å²) >= 11 is 1.77. The summed E-state index contributed by atoms with van der Waals surface area (Å²) in [6.07, 6.45) is 0. The highest BCUT2D eigenvalue weighted by Crippen LogP contribution is 2.62. The molecule has 0 amide bonds. The molecule has 3 aromatic rings. The predicted molar refractivity (Wildman–Crippen MR) is 195 cm³/mol. The van der Waals surface area contributed by atoms with Gasteiger partial charge in [0.2, 0.25) is 6.79 Å². The van der Waals surface area contributed by atoms with Crippen molar-refractivity contribution >= 4 is 23.4 Å². The highest BCUT2D eigenvalue weighted by molar-refractivity contribution is 7.99. The number of phenolic OH excluding ortho intramolecular Hbond substituents is 1. The molecular formula is C38H48N4O8S. The Hall–Kier alpha value is -3.88. The van der Waals surface area contributed by atoms with Gasteiger partial charge in [-0.05, 0) is 62.7 Å². The molecule has 0 aromatic heterocycles. The molecule has 0 bridgehead atoms. The third-order valence-electron chi connectivity index (χ3n) is 11.1. The van der Waals surface area contributed by atoms with Gasteiger partial charge in [-0.1, -0.05) is 19.1 Å². The van der Waals surface area contributed by atoms with Crippen LogP contribution in [0, 0.1) is 13.8 Å². The summed E-state index contributed by atoms with van der Waals surface area (Å²) in [7, 11) is 7.37. The molecule has 0 radical (unpaired) electrons. The zero-order valence-corrected chi connectivity index (χ0v) is 31.3. The molecule has 6 atom stereocenters. The number of aryl methyl sites for hydroxylation is 1. The number of aliphatic hydroxyl groups excluding tert-OH is 1. The number of nitrogens with zero attached hydrogens (tertiary/aromatic N) is 3. The van der Waals surface area contributed by atoms with Crippen LogP contribution in [0.2, 0.25) is 0 Å². The number of aliphatic hydroxyl groups is 1. The van der Waals surface area contributed by atoms with E-state index in [2.05, 4.69) is 34.7 Å². The van der Waals surface area contributed by atoms with Gasteiger partial charge in [0.1, 0.15) is 11.5 Å². The number of anilines is 1. The number of benzene rings is 3. The first-order valence-corrected chi connectivity index (χ1v) is 18.3. The lowest BCUT2D eigenvalue weighted by Gasteiger charge is -2.46. The monoisotopic (exact) mass is 720 g/mol. The van der Waals surface area contributed by atoms with Crippen molar-refractivity contribution in [3.8, 4) is 34.5 Å². The lowest BCUT2D eigenvalue weighted by atomic mass is 9.81. The van der Waals surface area contributed by atoms with E-state index in [4.69, 9.17) is 29.4 Å². The van der Waals surface area contributed by atoms with E-state index in [1.165, 1.54) is 18.1 Å². The average molecular weight is 721 g/mol. The van der Waals surface area contributed by atoms with Crippen LogP contribution in [0.25, 0.3) is 0 Å². The molecule has 1 saturated heterocycles. The molecule has 0 spiro atoms. The highest BCUT2D eigenvalue weighted by Gasteiger charge is 2.55. The highest BCUT2D eigenvalue weighted by atomic mass is 32.2. The second-order valence-electron chi connectivity index (χ2n) is 14.2. The van der Waals surface area contributed by atoms with E-state index in [0.29, 0.717) is 52.4 Å². The van der Waals surface area contributed by atoms with Gasteiger partial charge in [-0.2, -0.15) is 0 Å². The van der Waals surface area contributed by atoms with E-state index in [9.17, 15) is 15.0 Å². The van der Waals surface area contributed by atoms with Gasteiger partial charge in [-0.25, -0.2) is 0 Å². The van der Waals surface area contributed by atoms with E-state index < -0.39 is 12.0 Å². The number of esters is 1. The van der Waals surface area contributed by atoms with Crippen LogP contribution in [0.15, 0.2) is 24.3 Å². The molecule has 3 aromatic carbocycles. The molecule has 274 valence electrons. The summed E-state index contributed by atoms with van der Waals surface area (Å²) in [5, 5.41) is 22.6. The van der Waals surface area contributed by atoms with E-state index in [-0.39, 0.29) is 48.4 Å². The first-order chi connectivity index (χ1) is 24.4. The van der Waals surface area contributed by atoms with Crippen LogP contribution in [0.3, 0.4) is 0 Å². The predicted octanol–water partition coefficient (Wildman–Crippen LogP) is 5.19. The summed E-state index contributed by atoms with van der Waals surface area (Å²) in [6.45, 7) is 8.57. The van der Waals surface area contributed by atoms with Crippen molar-refractivity contribution in [3.63, 3.8) is 0 Å². The van der Waals surface area contributed by atoms with Crippen LogP contribution in [-0.2, 0) is 4.79 Å². The Bertz CT molecular complexity index is 1870. The number of carbonyl (C=O) groups excluding carboxylic acids is 1. The maximum absolute atomic E-state index is 12.8. The van der Waals surface area contributed by atoms with Gasteiger partial charge in [-0.15, -0.1) is 11.8 Å². The molecule has 51 heavy (non-hydrogen) atoms. The van der Waals surface area contributed by atoms with Gasteiger partial charge in [0.15, 0.2) is 23.0 Å². The number of phenols is 1. The smallest absolute Gasteiger partial charge is 0.308 e. The van der Waals surface area contributed by atoms with Crippen LogP contribution < -0.4 is 29.4 Å². The first kappa shape index (κ1) is 35.5. The topological polar surface area (TPSA) is 139 Å². The number of hydrogen-bond acceptors (Lipinski definition) is 13. The summed E-state index contributed by atoms with van der Waals surface area (Å²) in [4.78, 5) is 19.6. The number of ether oxygens (including phenoxy) is 5. The zero-order chi connectivity index (χ0) is 36.5. The summed E-state index contributed by atoms with van der Waals surface area (Å²) in [5.41, 5.74) is 13.2. The molecule has 0 saturated carbocycles. The number of nitrogens with two attached hydrogens (primary N) is 1. The van der Waals surface area contributed by atoms with Crippen molar-refractivity contribution in [2.24, 2.45) is 0 Å². The third kappa shape index (κ3) is 5.64. The molecule has 13 heteroatoms. The van der Waals surface area contributed by atoms with Crippen LogP contribution in [0.1, 0.15) is 82.1 Å². The fourth-order valence-electron chi connectivity index (χ4n) is 8.87. The Morgan fingerprint density at radius 1 is 1.00 bits per heavy atom. The molecule has 4 heterocycles. The largest absolute Gasteiger partial charge is 0.504 e. The lowest BCUT2D eigenvalue weighted by molar-refractivity contribution is -0.132. The number of thioether (sulfide) groups is 1. The quantitative estimate of drug-likeness (QED) is 0.160. The van der Waals surface area contributed by atoms with Gasteiger partial charge in [0.25, 0.3) is 0 Å². The van der Waals surface area contributed by atoms with Crippen molar-refractivity contribution in [2.45, 2.75) is 63.0 Å². The summed E-state index contributed by atoms with van der Waals surface area (Å²) in [5.74, 6) is 3.19. The van der Waals surface area contributed by atoms with Gasteiger partial charge in [0.05, 0.1) is 50.5 Å². The SMILES string of the molecule is COc1cc2c(cc1N)C(C)CN(C)C2CSC1c2c(OC(C)=O)c(C)c3c(c2C(CO)N2CN(C)C(c4ccc(C)c(OC)c4O)[C@H]12)OCO3. The first-order valence-electron chi connectivity index (χ1n) is 17.3. The third-order valence-corrected chi connectivity index (χ3v) is 12.5. The molecule has 12 nitrogen and oxygen atoms in total. The summed E-state index contributed by atoms with van der Waals surface area (Å²) < 4.78 is 29.6. The molecule has 5 unspecified atom stereocenters. The summed E-state index contributed by atoms with van der Waals surface area (Å²) in [6, 6.07) is 6.97. The van der Waals surface area contributed by atoms with Crippen molar-refractivity contribution in [1.29, 1.82) is 0 Å². The Balaban J connectivity index is 1.43. The number of likely N-dealkylation sites (N-methyl/N-ethyl adjacent to an activating group) is 2. The number of fused-ring (bicyclic) bond motifs is 5. The fourth-order valence-corrected chi connectivity index (χ4v) is 10.6. The van der Waals surface area contributed by atoms with Crippen molar-refractivity contribution in [2.75, 3.05) is 66.4 Å². The number of rotatable bonds is 8. The molecule has 0 aliphatic carbocycles. The molecule has 4 aliphatic rings. The molecule has 4 aliphatic heterocycles. The normalized spacial score (nSPS) is 25.7. The van der Waals surface area contributed by atoms with Crippen LogP contribution in [0.4, 0.5) is 5.69 Å². The van der Waals surface area contributed by atoms with Crippen molar-refractivity contribution < 1.29 is 38.7 Å². The molecule has 7 rings (SSSR count). The van der Waals surface area contributed by atoms with Crippen LogP contribution >= 0.6 is 11.8 Å². The van der Waals surface area contributed by atoms with E-state index in [0.717, 1.165) is 28.8 Å². The number of carbonyl (C=O) groups is 1. The fraction of sp³-hybridized carbons (Fsp3) is 0.500. The Morgan fingerprint density at radius 2 is 1.75 bits per heavy atom. The van der Waals surface area contributed by atoms with E-state index >= 15 is 0 Å². The number of nitrogen functional groups attached to an aromatic ring is 1. The van der Waals surface area contributed by atoms with E-state index in [1.54, 1.807) is 26.0 Å². The average Bonchev–Trinajstić information content (AvgIpc) is 3.71. The van der Waals surface area contributed by atoms with Crippen molar-refractivity contribution in [1.82, 2.24) is 14.7 Å². The maximum atomic E-state index is 12.8. The van der Waals surface area contributed by atoms with Crippen LogP contribution in [0.5, 0.6) is 34.5 Å². The zero-order valence-electron chi connectivity index (χ0n) is 30.5. The van der Waals surface area contributed by atoms with Gasteiger partial charge in [-0.3, -0.25) is 19.5 Å². The Morgan fingerprint density at radius 3 is 2.43 bits per heavy atom. The van der Waals surface area contributed by atoms with Crippen LogP contribution in [-0.4, -0.2) is 97.6 Å². The van der Waals surface area contributed by atoms with E-state index in [1.807, 2.05) is 39.1 Å². The second-order valence-corrected chi connectivity index (χ2v) is 15.3. The second kappa shape index (κ2) is 13.6. The minimum atomic E-state index is -0.500. The van der Waals surface area contributed by atoms with Gasteiger partial charge < -0.3 is 39.6 Å². The minimum absolute atomic E-state index is 0.0147. The van der Waals surface area contributed by atoms with Gasteiger partial charge >= 0.3 is 5.97 Å². The Kier molecular flexibility index (Phi) is 9.46. The lowest BCUT2D eigenvalue weighted by Crippen LogP contribution is -2.45. The maximum Gasteiger partial charge on any atom is 0.308 e. The van der Waals surface area contributed by atoms with Crippen molar-refractivity contribution in [3.05, 3.63) is 63.2 Å². The van der Waals surface area contributed by atoms with Gasteiger partial charge in [0, 0.05) is 53.6 Å². The molecule has 4 N–H and O–H groups in total. The number of methoxy groups -OCH3 is 2. The molecular weight excluding hydrogens is 673 g/mol. The molecule has 1 fully saturated rings. The Labute approximate surface area is 303 Å². The number of hydrogen-bond donors (Lipinski definition) is 3. The minimum Gasteiger partial charge on any atom is -0.504 e.